The Morgan fingerprint density at radius 1 is 1.00 bits per heavy atom. The number of alkyl halides is 3. The number of rotatable bonds is 11. The molecule has 0 aliphatic rings. The summed E-state index contributed by atoms with van der Waals surface area (Å²) in [5, 5.41) is 8.99. The monoisotopic (exact) mass is 406 g/mol. The third-order valence-corrected chi connectivity index (χ3v) is 4.79. The molecule has 0 spiro atoms. The SMILES string of the molecule is CCCCCCCCCCN.CCCc1c(C)c(C(F)(F)F)n(C)c1C(=O)O. The van der Waals surface area contributed by atoms with Crippen LogP contribution in [0.1, 0.15) is 98.9 Å². The minimum Gasteiger partial charge on any atom is -0.477 e. The van der Waals surface area contributed by atoms with Gasteiger partial charge in [0.25, 0.3) is 0 Å². The van der Waals surface area contributed by atoms with Gasteiger partial charge >= 0.3 is 12.1 Å². The van der Waals surface area contributed by atoms with Gasteiger partial charge in [0.1, 0.15) is 11.4 Å². The molecule has 0 fully saturated rings. The zero-order valence-electron chi connectivity index (χ0n) is 17.8. The van der Waals surface area contributed by atoms with Crippen LogP contribution in [0.3, 0.4) is 0 Å². The van der Waals surface area contributed by atoms with Gasteiger partial charge in [-0.1, -0.05) is 65.2 Å². The molecule has 1 rings (SSSR count). The summed E-state index contributed by atoms with van der Waals surface area (Å²) in [7, 11) is 1.14. The molecule has 28 heavy (non-hydrogen) atoms. The first-order chi connectivity index (χ1) is 13.1. The van der Waals surface area contributed by atoms with E-state index in [0.29, 0.717) is 12.8 Å². The number of carboxylic acid groups (broad SMARTS) is 1. The molecule has 0 aromatic carbocycles. The minimum atomic E-state index is -4.53. The zero-order valence-corrected chi connectivity index (χ0v) is 17.8. The van der Waals surface area contributed by atoms with Gasteiger partial charge < -0.3 is 15.4 Å². The third-order valence-electron chi connectivity index (χ3n) is 4.79. The molecule has 1 aromatic heterocycles. The number of aromatic carboxylic acids is 1. The van der Waals surface area contributed by atoms with Crippen molar-refractivity contribution in [3.63, 3.8) is 0 Å². The summed E-state index contributed by atoms with van der Waals surface area (Å²) in [5.74, 6) is -1.32. The van der Waals surface area contributed by atoms with E-state index in [9.17, 15) is 18.0 Å². The van der Waals surface area contributed by atoms with Crippen molar-refractivity contribution in [1.82, 2.24) is 4.57 Å². The number of halogens is 3. The molecule has 7 heteroatoms. The molecule has 1 heterocycles. The molecule has 0 saturated heterocycles. The highest BCUT2D eigenvalue weighted by Gasteiger charge is 2.39. The molecule has 4 nitrogen and oxygen atoms in total. The molecule has 0 unspecified atom stereocenters. The number of unbranched alkanes of at least 4 members (excludes halogenated alkanes) is 7. The second-order valence-electron chi connectivity index (χ2n) is 7.18. The Balaban J connectivity index is 0.000000576. The molecule has 3 N–H and O–H groups in total. The fourth-order valence-electron chi connectivity index (χ4n) is 3.40. The number of carboxylic acids is 1. The predicted octanol–water partition coefficient (Wildman–Crippen LogP) is 6.09. The van der Waals surface area contributed by atoms with Crippen LogP contribution in [0.2, 0.25) is 0 Å². The largest absolute Gasteiger partial charge is 0.477 e. The topological polar surface area (TPSA) is 68.2 Å². The lowest BCUT2D eigenvalue weighted by Crippen LogP contribution is -2.15. The van der Waals surface area contributed by atoms with Crippen LogP contribution in [-0.2, 0) is 19.6 Å². The average Bonchev–Trinajstić information content (AvgIpc) is 2.85. The van der Waals surface area contributed by atoms with Gasteiger partial charge in [-0.05, 0) is 37.4 Å². The quantitative estimate of drug-likeness (QED) is 0.437. The molecule has 0 amide bonds. The highest BCUT2D eigenvalue weighted by Crippen LogP contribution is 2.36. The highest BCUT2D eigenvalue weighted by molar-refractivity contribution is 5.88. The van der Waals surface area contributed by atoms with Crippen LogP contribution in [0.25, 0.3) is 0 Å². The van der Waals surface area contributed by atoms with Gasteiger partial charge in [-0.3, -0.25) is 0 Å². The third kappa shape index (κ3) is 8.67. The van der Waals surface area contributed by atoms with Gasteiger partial charge in [-0.15, -0.1) is 0 Å². The first-order valence-electron chi connectivity index (χ1n) is 10.3. The van der Waals surface area contributed by atoms with Gasteiger partial charge in [0.2, 0.25) is 0 Å². The number of nitrogens with two attached hydrogens (primary N) is 1. The summed E-state index contributed by atoms with van der Waals surface area (Å²) in [6, 6.07) is 0. The second-order valence-corrected chi connectivity index (χ2v) is 7.18. The summed E-state index contributed by atoms with van der Waals surface area (Å²) < 4.78 is 39.1. The van der Waals surface area contributed by atoms with Crippen LogP contribution in [0.4, 0.5) is 13.2 Å². The Labute approximate surface area is 167 Å². The van der Waals surface area contributed by atoms with E-state index in [1.807, 2.05) is 0 Å². The summed E-state index contributed by atoms with van der Waals surface area (Å²) in [4.78, 5) is 11.0. The van der Waals surface area contributed by atoms with E-state index >= 15 is 0 Å². The van der Waals surface area contributed by atoms with Crippen molar-refractivity contribution in [1.29, 1.82) is 0 Å². The van der Waals surface area contributed by atoms with Crippen LogP contribution < -0.4 is 5.73 Å². The zero-order chi connectivity index (χ0) is 21.7. The molecule has 164 valence electrons. The Morgan fingerprint density at radius 3 is 1.89 bits per heavy atom. The maximum Gasteiger partial charge on any atom is 0.431 e. The van der Waals surface area contributed by atoms with Gasteiger partial charge in [0.05, 0.1) is 0 Å². The van der Waals surface area contributed by atoms with Crippen LogP contribution >= 0.6 is 0 Å². The number of nitrogens with zero attached hydrogens (tertiary/aromatic N) is 1. The fraction of sp³-hybridized carbons (Fsp3) is 0.762. The van der Waals surface area contributed by atoms with E-state index < -0.39 is 17.8 Å². The summed E-state index contributed by atoms with van der Waals surface area (Å²) in [5.41, 5.74) is 4.53. The van der Waals surface area contributed by atoms with Gasteiger partial charge in [0, 0.05) is 7.05 Å². The Bertz CT molecular complexity index is 573. The first-order valence-corrected chi connectivity index (χ1v) is 10.3. The number of carbonyl (C=O) groups is 1. The van der Waals surface area contributed by atoms with Crippen molar-refractivity contribution in [3.05, 3.63) is 22.5 Å². The van der Waals surface area contributed by atoms with E-state index in [1.165, 1.54) is 58.3 Å². The van der Waals surface area contributed by atoms with E-state index in [1.54, 1.807) is 6.92 Å². The Morgan fingerprint density at radius 2 is 1.50 bits per heavy atom. The van der Waals surface area contributed by atoms with E-state index in [4.69, 9.17) is 10.8 Å². The Kier molecular flexibility index (Phi) is 12.9. The van der Waals surface area contributed by atoms with Crippen molar-refractivity contribution in [3.8, 4) is 0 Å². The molecular formula is C21H37F3N2O2. The molecule has 0 aliphatic carbocycles. The number of hydrogen-bond acceptors (Lipinski definition) is 2. The fourth-order valence-corrected chi connectivity index (χ4v) is 3.40. The molecule has 0 aliphatic heterocycles. The normalized spacial score (nSPS) is 11.3. The second kappa shape index (κ2) is 13.6. The lowest BCUT2D eigenvalue weighted by Gasteiger charge is -2.09. The van der Waals surface area contributed by atoms with E-state index in [-0.39, 0.29) is 16.8 Å². The molecule has 0 saturated carbocycles. The standard InChI is InChI=1S/C11H14F3NO2.C10H23N/c1-4-5-7-6(2)9(11(12,13)14)15(3)8(7)10(16)17;1-2-3-4-5-6-7-8-9-10-11/h4-5H2,1-3H3,(H,16,17);2-11H2,1H3. The predicted molar refractivity (Wildman–Crippen MR) is 108 cm³/mol. The minimum absolute atomic E-state index is 0.0132. The van der Waals surface area contributed by atoms with Crippen LogP contribution in [0.15, 0.2) is 0 Å². The maximum atomic E-state index is 12.8. The van der Waals surface area contributed by atoms with E-state index in [0.717, 1.165) is 18.2 Å². The van der Waals surface area contributed by atoms with Crippen molar-refractivity contribution >= 4 is 5.97 Å². The summed E-state index contributed by atoms with van der Waals surface area (Å²) in [6.45, 7) is 6.25. The lowest BCUT2D eigenvalue weighted by molar-refractivity contribution is -0.143. The van der Waals surface area contributed by atoms with Crippen LogP contribution in [0, 0.1) is 6.92 Å². The molecule has 1 aromatic rings. The molecule has 0 atom stereocenters. The lowest BCUT2D eigenvalue weighted by atomic mass is 10.0. The van der Waals surface area contributed by atoms with Crippen molar-refractivity contribution in [2.45, 2.75) is 91.2 Å². The van der Waals surface area contributed by atoms with Gasteiger partial charge in [-0.2, -0.15) is 13.2 Å². The van der Waals surface area contributed by atoms with Crippen LogP contribution in [-0.4, -0.2) is 22.2 Å². The van der Waals surface area contributed by atoms with E-state index in [2.05, 4.69) is 6.92 Å². The van der Waals surface area contributed by atoms with Crippen molar-refractivity contribution in [2.24, 2.45) is 12.8 Å². The highest BCUT2D eigenvalue weighted by atomic mass is 19.4. The summed E-state index contributed by atoms with van der Waals surface area (Å²) >= 11 is 0. The number of aromatic nitrogens is 1. The smallest absolute Gasteiger partial charge is 0.431 e. The molecular weight excluding hydrogens is 369 g/mol. The first kappa shape index (κ1) is 26.5. The van der Waals surface area contributed by atoms with Crippen molar-refractivity contribution < 1.29 is 23.1 Å². The van der Waals surface area contributed by atoms with Crippen molar-refractivity contribution in [2.75, 3.05) is 6.54 Å². The average molecular weight is 407 g/mol. The number of hydrogen-bond donors (Lipinski definition) is 2. The maximum absolute atomic E-state index is 12.8. The Hall–Kier alpha value is -1.50. The van der Waals surface area contributed by atoms with Gasteiger partial charge in [-0.25, -0.2) is 4.79 Å². The van der Waals surface area contributed by atoms with Gasteiger partial charge in [0.15, 0.2) is 0 Å². The summed E-state index contributed by atoms with van der Waals surface area (Å²) in [6.07, 6.45) is 7.38. The molecule has 0 bridgehead atoms. The van der Waals surface area contributed by atoms with Crippen LogP contribution in [0.5, 0.6) is 0 Å². The molecule has 0 radical (unpaired) electrons.